The molecule has 20 heavy (non-hydrogen) atoms. The molecule has 0 bridgehead atoms. The molecule has 2 rings (SSSR count). The topological polar surface area (TPSA) is 41.5 Å². The normalized spacial score (nSPS) is 18.1. The fourth-order valence-electron chi connectivity index (χ4n) is 2.85. The van der Waals surface area contributed by atoms with E-state index in [1.54, 1.807) is 0 Å². The smallest absolute Gasteiger partial charge is 0.122 e. The molecule has 1 saturated carbocycles. The molecule has 0 heterocycles. The zero-order valence-electron chi connectivity index (χ0n) is 12.9. The molecule has 112 valence electrons. The first kappa shape index (κ1) is 15.3. The van der Waals surface area contributed by atoms with E-state index in [0.29, 0.717) is 18.6 Å². The van der Waals surface area contributed by atoms with Crippen LogP contribution in [0, 0.1) is 5.92 Å². The third kappa shape index (κ3) is 3.53. The van der Waals surface area contributed by atoms with Crippen molar-refractivity contribution in [2.75, 3.05) is 13.2 Å². The minimum absolute atomic E-state index is 0.129. The van der Waals surface area contributed by atoms with Gasteiger partial charge in [0, 0.05) is 6.04 Å². The van der Waals surface area contributed by atoms with Gasteiger partial charge in [0.1, 0.15) is 12.4 Å². The Balaban J connectivity index is 2.08. The lowest BCUT2D eigenvalue weighted by molar-refractivity contribution is 0.0775. The summed E-state index contributed by atoms with van der Waals surface area (Å²) in [6, 6.07) is 8.50. The van der Waals surface area contributed by atoms with Crippen LogP contribution in [0.5, 0.6) is 5.75 Å². The second-order valence-electron chi connectivity index (χ2n) is 6.14. The van der Waals surface area contributed by atoms with E-state index in [4.69, 9.17) is 4.74 Å². The molecule has 1 unspecified atom stereocenters. The number of nitrogens with one attached hydrogen (secondary N) is 1. The molecule has 1 fully saturated rings. The first-order valence-corrected chi connectivity index (χ1v) is 7.70. The van der Waals surface area contributed by atoms with Crippen LogP contribution in [0.15, 0.2) is 24.3 Å². The predicted octanol–water partition coefficient (Wildman–Crippen LogP) is 2.77. The second-order valence-corrected chi connectivity index (χ2v) is 6.14. The maximum atomic E-state index is 9.90. The average molecular weight is 277 g/mol. The average Bonchev–Trinajstić information content (AvgIpc) is 3.28. The maximum Gasteiger partial charge on any atom is 0.122 e. The van der Waals surface area contributed by atoms with E-state index in [-0.39, 0.29) is 12.1 Å². The molecule has 1 aromatic carbocycles. The zero-order valence-corrected chi connectivity index (χ0v) is 12.9. The summed E-state index contributed by atoms with van der Waals surface area (Å²) >= 11 is 0. The molecule has 1 atom stereocenters. The number of para-hydroxylation sites is 1. The van der Waals surface area contributed by atoms with Crippen LogP contribution in [0.2, 0.25) is 0 Å². The Morgan fingerprint density at radius 1 is 1.35 bits per heavy atom. The monoisotopic (exact) mass is 277 g/mol. The maximum absolute atomic E-state index is 9.90. The Kier molecular flexibility index (Phi) is 5.06. The summed E-state index contributed by atoms with van der Waals surface area (Å²) in [5.41, 5.74) is 0.925. The van der Waals surface area contributed by atoms with Crippen molar-refractivity contribution in [2.24, 2.45) is 5.92 Å². The van der Waals surface area contributed by atoms with E-state index < -0.39 is 0 Å². The lowest BCUT2D eigenvalue weighted by atomic mass is 9.94. The highest BCUT2D eigenvalue weighted by atomic mass is 16.5. The Morgan fingerprint density at radius 2 is 2.05 bits per heavy atom. The molecule has 0 aliphatic heterocycles. The third-order valence-corrected chi connectivity index (χ3v) is 4.06. The van der Waals surface area contributed by atoms with Crippen LogP contribution in [0.1, 0.15) is 39.2 Å². The summed E-state index contributed by atoms with van der Waals surface area (Å²) in [7, 11) is 0. The highest BCUT2D eigenvalue weighted by Gasteiger charge is 2.45. The number of aliphatic hydroxyl groups excluding tert-OH is 1. The third-order valence-electron chi connectivity index (χ3n) is 4.06. The fraction of sp³-hybridized carbons (Fsp3) is 0.647. The number of aliphatic hydroxyl groups is 1. The van der Waals surface area contributed by atoms with Gasteiger partial charge in [0.2, 0.25) is 0 Å². The van der Waals surface area contributed by atoms with Gasteiger partial charge in [-0.3, -0.25) is 0 Å². The molecule has 1 aliphatic carbocycles. The van der Waals surface area contributed by atoms with Gasteiger partial charge >= 0.3 is 0 Å². The molecule has 0 aromatic heterocycles. The standard InChI is InChI=1S/C17H27NO2/c1-4-14-7-5-6-8-16(14)20-12-17(11-19,15-9-10-15)18-13(2)3/h5-8,13,15,18-19H,4,9-12H2,1-3H3. The molecule has 3 heteroatoms. The van der Waals surface area contributed by atoms with Gasteiger partial charge in [0.05, 0.1) is 12.1 Å². The Morgan fingerprint density at radius 3 is 2.60 bits per heavy atom. The van der Waals surface area contributed by atoms with Gasteiger partial charge in [-0.15, -0.1) is 0 Å². The van der Waals surface area contributed by atoms with Crippen LogP contribution >= 0.6 is 0 Å². The van der Waals surface area contributed by atoms with Crippen molar-refractivity contribution in [2.45, 2.75) is 51.6 Å². The Hall–Kier alpha value is -1.06. The van der Waals surface area contributed by atoms with Crippen molar-refractivity contribution in [1.29, 1.82) is 0 Å². The molecule has 0 radical (unpaired) electrons. The minimum Gasteiger partial charge on any atom is -0.491 e. The minimum atomic E-state index is -0.297. The van der Waals surface area contributed by atoms with Crippen LogP contribution in [-0.4, -0.2) is 29.9 Å². The van der Waals surface area contributed by atoms with E-state index >= 15 is 0 Å². The number of rotatable bonds is 8. The van der Waals surface area contributed by atoms with E-state index in [2.05, 4.69) is 32.2 Å². The van der Waals surface area contributed by atoms with Gasteiger partial charge in [-0.1, -0.05) is 39.0 Å². The molecule has 2 N–H and O–H groups in total. The summed E-state index contributed by atoms with van der Waals surface area (Å²) in [4.78, 5) is 0. The van der Waals surface area contributed by atoms with Gasteiger partial charge in [-0.2, -0.15) is 0 Å². The molecule has 1 aliphatic rings. The molecular weight excluding hydrogens is 250 g/mol. The van der Waals surface area contributed by atoms with Crippen LogP contribution in [0.25, 0.3) is 0 Å². The van der Waals surface area contributed by atoms with Gasteiger partial charge in [0.25, 0.3) is 0 Å². The Bertz CT molecular complexity index is 429. The number of hydrogen-bond donors (Lipinski definition) is 2. The van der Waals surface area contributed by atoms with Crippen LogP contribution in [-0.2, 0) is 6.42 Å². The van der Waals surface area contributed by atoms with Crippen molar-refractivity contribution in [3.05, 3.63) is 29.8 Å². The van der Waals surface area contributed by atoms with Gasteiger partial charge < -0.3 is 15.2 Å². The predicted molar refractivity (Wildman–Crippen MR) is 82.1 cm³/mol. The molecule has 0 amide bonds. The molecule has 0 spiro atoms. The largest absolute Gasteiger partial charge is 0.491 e. The van der Waals surface area contributed by atoms with Crippen LogP contribution in [0.4, 0.5) is 0 Å². The molecule has 3 nitrogen and oxygen atoms in total. The van der Waals surface area contributed by atoms with Crippen molar-refractivity contribution in [3.63, 3.8) is 0 Å². The highest BCUT2D eigenvalue weighted by Crippen LogP contribution is 2.40. The van der Waals surface area contributed by atoms with Crippen molar-refractivity contribution < 1.29 is 9.84 Å². The number of hydrogen-bond acceptors (Lipinski definition) is 3. The van der Waals surface area contributed by atoms with E-state index in [9.17, 15) is 5.11 Å². The SMILES string of the molecule is CCc1ccccc1OCC(CO)(NC(C)C)C1CC1. The molecule has 0 saturated heterocycles. The summed E-state index contributed by atoms with van der Waals surface area (Å²) in [5, 5.41) is 13.4. The highest BCUT2D eigenvalue weighted by molar-refractivity contribution is 5.33. The summed E-state index contributed by atoms with van der Waals surface area (Å²) < 4.78 is 6.06. The van der Waals surface area contributed by atoms with Crippen molar-refractivity contribution in [1.82, 2.24) is 5.32 Å². The molecular formula is C17H27NO2. The lowest BCUT2D eigenvalue weighted by Crippen LogP contribution is -2.57. The lowest BCUT2D eigenvalue weighted by Gasteiger charge is -2.35. The zero-order chi connectivity index (χ0) is 14.6. The number of aryl methyl sites for hydroxylation is 1. The van der Waals surface area contributed by atoms with E-state index in [0.717, 1.165) is 12.2 Å². The van der Waals surface area contributed by atoms with Crippen LogP contribution in [0.3, 0.4) is 0 Å². The van der Waals surface area contributed by atoms with Gasteiger partial charge in [-0.25, -0.2) is 0 Å². The molecule has 1 aromatic rings. The van der Waals surface area contributed by atoms with Gasteiger partial charge in [-0.05, 0) is 36.8 Å². The summed E-state index contributed by atoms with van der Waals surface area (Å²) in [6.45, 7) is 7.03. The summed E-state index contributed by atoms with van der Waals surface area (Å²) in [6.07, 6.45) is 3.32. The Labute approximate surface area is 122 Å². The van der Waals surface area contributed by atoms with Crippen molar-refractivity contribution >= 4 is 0 Å². The number of benzene rings is 1. The summed E-state index contributed by atoms with van der Waals surface area (Å²) in [5.74, 6) is 1.47. The van der Waals surface area contributed by atoms with Crippen LogP contribution < -0.4 is 10.1 Å². The van der Waals surface area contributed by atoms with E-state index in [1.807, 2.05) is 18.2 Å². The van der Waals surface area contributed by atoms with E-state index in [1.165, 1.54) is 18.4 Å². The first-order chi connectivity index (χ1) is 9.61. The quantitative estimate of drug-likeness (QED) is 0.768. The van der Waals surface area contributed by atoms with Gasteiger partial charge in [0.15, 0.2) is 0 Å². The van der Waals surface area contributed by atoms with Crippen molar-refractivity contribution in [3.8, 4) is 5.75 Å². The first-order valence-electron chi connectivity index (χ1n) is 7.70. The second kappa shape index (κ2) is 6.59. The fourth-order valence-corrected chi connectivity index (χ4v) is 2.85. The number of ether oxygens (including phenoxy) is 1.